The summed E-state index contributed by atoms with van der Waals surface area (Å²) < 4.78 is 7.15. The second-order valence-electron chi connectivity index (χ2n) is 6.25. The molecule has 0 unspecified atom stereocenters. The highest BCUT2D eigenvalue weighted by molar-refractivity contribution is 8.00. The van der Waals surface area contributed by atoms with Crippen LogP contribution in [-0.4, -0.2) is 38.0 Å². The quantitative estimate of drug-likeness (QED) is 0.536. The molecular weight excluding hydrogens is 394 g/mol. The number of amides is 1. The Morgan fingerprint density at radius 2 is 2.07 bits per heavy atom. The van der Waals surface area contributed by atoms with Gasteiger partial charge in [0.2, 0.25) is 5.91 Å². The maximum absolute atomic E-state index is 12.3. The van der Waals surface area contributed by atoms with Crippen molar-refractivity contribution in [2.24, 2.45) is 7.05 Å². The molecule has 3 aromatic rings. The van der Waals surface area contributed by atoms with Crippen LogP contribution in [0.25, 0.3) is 0 Å². The molecule has 9 heteroatoms. The van der Waals surface area contributed by atoms with E-state index in [0.29, 0.717) is 5.13 Å². The third kappa shape index (κ3) is 5.32. The third-order valence-electron chi connectivity index (χ3n) is 4.26. The van der Waals surface area contributed by atoms with E-state index < -0.39 is 0 Å². The minimum atomic E-state index is -0.293. The van der Waals surface area contributed by atoms with Gasteiger partial charge in [-0.25, -0.2) is 4.98 Å². The molecule has 2 heterocycles. The van der Waals surface area contributed by atoms with Crippen LogP contribution in [-0.2, 0) is 24.7 Å². The molecule has 3 rings (SSSR count). The average Bonchev–Trinajstić information content (AvgIpc) is 3.33. The minimum absolute atomic E-state index is 0.0935. The summed E-state index contributed by atoms with van der Waals surface area (Å²) in [5, 5.41) is 14.2. The van der Waals surface area contributed by atoms with Crippen molar-refractivity contribution in [2.75, 3.05) is 12.4 Å². The summed E-state index contributed by atoms with van der Waals surface area (Å²) in [6.07, 6.45) is 4.43. The van der Waals surface area contributed by atoms with Crippen LogP contribution in [0.2, 0.25) is 0 Å². The van der Waals surface area contributed by atoms with Gasteiger partial charge in [0.15, 0.2) is 10.3 Å². The van der Waals surface area contributed by atoms with Crippen molar-refractivity contribution in [3.8, 4) is 5.75 Å². The van der Waals surface area contributed by atoms with Crippen LogP contribution < -0.4 is 10.1 Å². The van der Waals surface area contributed by atoms with Gasteiger partial charge in [-0.2, -0.15) is 0 Å². The summed E-state index contributed by atoms with van der Waals surface area (Å²) in [6.45, 7) is 1.85. The summed E-state index contributed by atoms with van der Waals surface area (Å²) >= 11 is 2.79. The van der Waals surface area contributed by atoms with E-state index in [0.717, 1.165) is 36.0 Å². The molecule has 1 aromatic carbocycles. The molecule has 2 aromatic heterocycles. The molecule has 28 heavy (non-hydrogen) atoms. The molecular formula is C19H23N5O2S2. The monoisotopic (exact) mass is 417 g/mol. The molecule has 1 atom stereocenters. The van der Waals surface area contributed by atoms with Crippen molar-refractivity contribution < 1.29 is 9.53 Å². The number of ether oxygens (including phenoxy) is 1. The molecule has 0 radical (unpaired) electrons. The minimum Gasteiger partial charge on any atom is -0.497 e. The van der Waals surface area contributed by atoms with Gasteiger partial charge in [0.25, 0.3) is 0 Å². The number of rotatable bonds is 9. The van der Waals surface area contributed by atoms with Crippen molar-refractivity contribution in [3.05, 3.63) is 47.2 Å². The van der Waals surface area contributed by atoms with E-state index in [-0.39, 0.29) is 11.2 Å². The van der Waals surface area contributed by atoms with Gasteiger partial charge in [-0.15, -0.1) is 21.5 Å². The maximum Gasteiger partial charge on any atom is 0.239 e. The molecule has 148 valence electrons. The Bertz CT molecular complexity index is 894. The fourth-order valence-electron chi connectivity index (χ4n) is 2.61. The van der Waals surface area contributed by atoms with Crippen LogP contribution >= 0.6 is 23.1 Å². The number of nitrogens with zero attached hydrogens (tertiary/aromatic N) is 4. The lowest BCUT2D eigenvalue weighted by molar-refractivity contribution is -0.115. The molecule has 0 spiro atoms. The topological polar surface area (TPSA) is 81.9 Å². The summed E-state index contributed by atoms with van der Waals surface area (Å²) in [6, 6.07) is 8.12. The molecule has 0 saturated heterocycles. The van der Waals surface area contributed by atoms with Crippen LogP contribution in [0.3, 0.4) is 0 Å². The van der Waals surface area contributed by atoms with E-state index in [1.54, 1.807) is 13.3 Å². The molecule has 0 aliphatic carbocycles. The predicted octanol–water partition coefficient (Wildman–Crippen LogP) is 3.57. The van der Waals surface area contributed by atoms with Crippen LogP contribution in [0.4, 0.5) is 5.13 Å². The fraction of sp³-hybridized carbons (Fsp3) is 0.368. The lowest BCUT2D eigenvalue weighted by atomic mass is 10.1. The number of carbonyl (C=O) groups is 1. The second-order valence-corrected chi connectivity index (χ2v) is 8.45. The molecule has 0 saturated carbocycles. The summed E-state index contributed by atoms with van der Waals surface area (Å²) in [7, 11) is 3.61. The number of hydrogen-bond acceptors (Lipinski definition) is 7. The largest absolute Gasteiger partial charge is 0.497 e. The van der Waals surface area contributed by atoms with Crippen LogP contribution in [0.1, 0.15) is 24.7 Å². The van der Waals surface area contributed by atoms with Gasteiger partial charge < -0.3 is 14.6 Å². The number of aryl methyl sites for hydroxylation is 2. The predicted molar refractivity (Wildman–Crippen MR) is 112 cm³/mol. The molecule has 0 aliphatic rings. The first-order chi connectivity index (χ1) is 13.6. The number of aromatic nitrogens is 4. The highest BCUT2D eigenvalue weighted by Gasteiger charge is 2.19. The standard InChI is InChI=1S/C19H23N5O2S2/c1-13(17(25)21-18-20-11-12-27-18)28-19-23-22-16(24(19)2)6-4-5-14-7-9-15(26-3)10-8-14/h7-13H,4-6H2,1-3H3,(H,20,21,25)/t13-/m0/s1. The number of benzene rings is 1. The number of carbonyl (C=O) groups excluding carboxylic acids is 1. The van der Waals surface area contributed by atoms with Gasteiger partial charge in [-0.1, -0.05) is 23.9 Å². The highest BCUT2D eigenvalue weighted by Crippen LogP contribution is 2.23. The van der Waals surface area contributed by atoms with E-state index in [1.165, 1.54) is 28.7 Å². The zero-order valence-electron chi connectivity index (χ0n) is 16.1. The maximum atomic E-state index is 12.3. The van der Waals surface area contributed by atoms with Crippen LogP contribution in [0.15, 0.2) is 41.0 Å². The Kier molecular flexibility index (Phi) is 7.05. The number of nitrogens with one attached hydrogen (secondary N) is 1. The molecule has 0 aliphatic heterocycles. The Morgan fingerprint density at radius 3 is 2.75 bits per heavy atom. The van der Waals surface area contributed by atoms with E-state index in [4.69, 9.17) is 4.74 Å². The van der Waals surface area contributed by atoms with Gasteiger partial charge in [0.1, 0.15) is 11.6 Å². The van der Waals surface area contributed by atoms with Crippen LogP contribution in [0, 0.1) is 0 Å². The second kappa shape index (κ2) is 9.70. The number of methoxy groups -OCH3 is 1. The zero-order chi connectivity index (χ0) is 19.9. The Morgan fingerprint density at radius 1 is 1.29 bits per heavy atom. The van der Waals surface area contributed by atoms with Gasteiger partial charge in [-0.3, -0.25) is 4.79 Å². The molecule has 1 amide bonds. The summed E-state index contributed by atoms with van der Waals surface area (Å²) in [4.78, 5) is 16.3. The Labute approximate surface area is 172 Å². The van der Waals surface area contributed by atoms with Crippen molar-refractivity contribution >= 4 is 34.1 Å². The van der Waals surface area contributed by atoms with Crippen molar-refractivity contribution in [1.82, 2.24) is 19.7 Å². The van der Waals surface area contributed by atoms with Gasteiger partial charge >= 0.3 is 0 Å². The SMILES string of the molecule is COc1ccc(CCCc2nnc(S[C@@H](C)C(=O)Nc3nccs3)n2C)cc1. The Balaban J connectivity index is 1.50. The normalized spacial score (nSPS) is 12.0. The first kappa shape index (κ1) is 20.3. The summed E-state index contributed by atoms with van der Waals surface area (Å²) in [5.74, 6) is 1.69. The van der Waals surface area contributed by atoms with E-state index >= 15 is 0 Å². The van der Waals surface area contributed by atoms with Crippen LogP contribution in [0.5, 0.6) is 5.75 Å². The number of thiazole rings is 1. The fourth-order valence-corrected chi connectivity index (χ4v) is 3.98. The Hall–Kier alpha value is -2.39. The van der Waals surface area contributed by atoms with Gasteiger partial charge in [0, 0.05) is 25.0 Å². The highest BCUT2D eigenvalue weighted by atomic mass is 32.2. The van der Waals surface area contributed by atoms with Gasteiger partial charge in [0.05, 0.1) is 12.4 Å². The van der Waals surface area contributed by atoms with Crippen molar-refractivity contribution in [3.63, 3.8) is 0 Å². The summed E-state index contributed by atoms with van der Waals surface area (Å²) in [5.41, 5.74) is 1.27. The molecule has 7 nitrogen and oxygen atoms in total. The zero-order valence-corrected chi connectivity index (χ0v) is 17.7. The number of anilines is 1. The van der Waals surface area contributed by atoms with E-state index in [2.05, 4.69) is 32.6 Å². The first-order valence-corrected chi connectivity index (χ1v) is 10.7. The smallest absolute Gasteiger partial charge is 0.239 e. The molecule has 0 fully saturated rings. The van der Waals surface area contributed by atoms with E-state index in [1.807, 2.05) is 36.1 Å². The van der Waals surface area contributed by atoms with Crippen molar-refractivity contribution in [2.45, 2.75) is 36.6 Å². The van der Waals surface area contributed by atoms with Crippen molar-refractivity contribution in [1.29, 1.82) is 0 Å². The van der Waals surface area contributed by atoms with E-state index in [9.17, 15) is 4.79 Å². The number of thioether (sulfide) groups is 1. The lowest BCUT2D eigenvalue weighted by Crippen LogP contribution is -2.22. The average molecular weight is 418 g/mol. The first-order valence-electron chi connectivity index (χ1n) is 8.95. The molecule has 0 bridgehead atoms. The van der Waals surface area contributed by atoms with Gasteiger partial charge in [-0.05, 0) is 37.5 Å². The third-order valence-corrected chi connectivity index (χ3v) is 6.09. The number of hydrogen-bond donors (Lipinski definition) is 1. The molecule has 1 N–H and O–H groups in total. The lowest BCUT2D eigenvalue weighted by Gasteiger charge is -2.10.